The van der Waals surface area contributed by atoms with Crippen LogP contribution in [0.5, 0.6) is 0 Å². The van der Waals surface area contributed by atoms with E-state index in [0.29, 0.717) is 0 Å². The van der Waals surface area contributed by atoms with Crippen molar-refractivity contribution in [2.24, 2.45) is 5.16 Å². The fraction of sp³-hybridized carbons (Fsp3) is 0.160. The van der Waals surface area contributed by atoms with Gasteiger partial charge in [0.15, 0.2) is 0 Å². The Morgan fingerprint density at radius 3 is 1.66 bits per heavy atom. The van der Waals surface area contributed by atoms with Gasteiger partial charge in [-0.15, -0.1) is 0 Å². The summed E-state index contributed by atoms with van der Waals surface area (Å²) in [7, 11) is 0. The monoisotopic (exact) mass is 387 g/mol. The van der Waals surface area contributed by atoms with Crippen molar-refractivity contribution < 1.29 is 14.7 Å². The molecule has 0 aliphatic rings. The van der Waals surface area contributed by atoms with Gasteiger partial charge in [-0.25, -0.2) is 0 Å². The lowest BCUT2D eigenvalue weighted by molar-refractivity contribution is -0.0223. The van der Waals surface area contributed by atoms with E-state index in [1.807, 2.05) is 54.6 Å². The van der Waals surface area contributed by atoms with E-state index in [0.717, 1.165) is 16.7 Å². The van der Waals surface area contributed by atoms with Gasteiger partial charge in [0, 0.05) is 6.92 Å². The fourth-order valence-electron chi connectivity index (χ4n) is 3.37. The average molecular weight is 387 g/mol. The summed E-state index contributed by atoms with van der Waals surface area (Å²) in [5, 5.41) is 12.0. The van der Waals surface area contributed by atoms with E-state index in [1.54, 1.807) is 13.0 Å². The van der Waals surface area contributed by atoms with Crippen LogP contribution in [0.25, 0.3) is 0 Å². The average Bonchev–Trinajstić information content (AvgIpc) is 2.80. The van der Waals surface area contributed by atoms with E-state index in [2.05, 4.69) is 48.1 Å². The Labute approximate surface area is 171 Å². The topological polar surface area (TPSA) is 51.0 Å². The molecule has 4 nitrogen and oxygen atoms in total. The third-order valence-electron chi connectivity index (χ3n) is 4.73. The van der Waals surface area contributed by atoms with Crippen LogP contribution >= 0.6 is 0 Å². The molecule has 0 spiro atoms. The van der Waals surface area contributed by atoms with Crippen LogP contribution in [0.3, 0.4) is 0 Å². The first-order valence-corrected chi connectivity index (χ1v) is 9.49. The first-order chi connectivity index (χ1) is 14.2. The molecule has 3 aromatic carbocycles. The maximum absolute atomic E-state index is 8.93. The number of hydrogen-bond acceptors (Lipinski definition) is 4. The highest BCUT2D eigenvalue weighted by atomic mass is 16.6. The van der Waals surface area contributed by atoms with Gasteiger partial charge in [0.25, 0.3) is 0 Å². The Hall–Kier alpha value is -3.37. The van der Waals surface area contributed by atoms with Gasteiger partial charge in [-0.2, -0.15) is 0 Å². The van der Waals surface area contributed by atoms with E-state index in [-0.39, 0.29) is 12.5 Å². The fourth-order valence-corrected chi connectivity index (χ4v) is 3.37. The summed E-state index contributed by atoms with van der Waals surface area (Å²) in [5.74, 6) is 0.156. The van der Waals surface area contributed by atoms with Crippen molar-refractivity contribution in [3.8, 4) is 0 Å². The Morgan fingerprint density at radius 1 is 0.897 bits per heavy atom. The van der Waals surface area contributed by atoms with Gasteiger partial charge in [0.1, 0.15) is 11.7 Å². The van der Waals surface area contributed by atoms with Gasteiger partial charge in [-0.05, 0) is 22.8 Å². The van der Waals surface area contributed by atoms with E-state index in [4.69, 9.17) is 14.7 Å². The van der Waals surface area contributed by atoms with Crippen LogP contribution in [-0.2, 0) is 15.1 Å². The summed E-state index contributed by atoms with van der Waals surface area (Å²) in [4.78, 5) is 0. The standard InChI is InChI=1S/C25H25NO3/c1-3-24(29-20(2)26-27)19-28-25(21-13-7-4-8-14-21,22-15-9-5-10-16-22)23-17-11-6-12-18-23/h3-18,24,27H,1,19H2,2H3/t24-/m0/s1. The van der Waals surface area contributed by atoms with Crippen molar-refractivity contribution in [2.75, 3.05) is 6.61 Å². The smallest absolute Gasteiger partial charge is 0.222 e. The van der Waals surface area contributed by atoms with Crippen LogP contribution in [-0.4, -0.2) is 23.8 Å². The van der Waals surface area contributed by atoms with Crippen molar-refractivity contribution in [3.05, 3.63) is 120 Å². The molecular weight excluding hydrogens is 362 g/mol. The number of hydrogen-bond donors (Lipinski definition) is 1. The molecule has 0 saturated heterocycles. The van der Waals surface area contributed by atoms with Crippen molar-refractivity contribution in [1.29, 1.82) is 0 Å². The van der Waals surface area contributed by atoms with E-state index in [1.165, 1.54) is 0 Å². The quantitative estimate of drug-likeness (QED) is 0.141. The molecule has 148 valence electrons. The molecule has 0 amide bonds. The normalized spacial score (nSPS) is 12.9. The SMILES string of the molecule is C=C[C@@H](COC(c1ccccc1)(c1ccccc1)c1ccccc1)OC(C)=NO. The Morgan fingerprint density at radius 2 is 1.31 bits per heavy atom. The Kier molecular flexibility index (Phi) is 6.82. The minimum absolute atomic E-state index is 0.156. The molecule has 0 fully saturated rings. The van der Waals surface area contributed by atoms with Gasteiger partial charge >= 0.3 is 0 Å². The van der Waals surface area contributed by atoms with Crippen molar-refractivity contribution in [2.45, 2.75) is 18.6 Å². The lowest BCUT2D eigenvalue weighted by atomic mass is 9.80. The second-order valence-electron chi connectivity index (χ2n) is 6.60. The molecule has 3 rings (SSSR count). The molecule has 0 heterocycles. The molecule has 0 unspecified atom stereocenters. The largest absolute Gasteiger partial charge is 0.469 e. The van der Waals surface area contributed by atoms with Crippen molar-refractivity contribution >= 4 is 5.90 Å². The molecule has 29 heavy (non-hydrogen) atoms. The molecular formula is C25H25NO3. The summed E-state index contributed by atoms with van der Waals surface area (Å²) < 4.78 is 12.3. The third-order valence-corrected chi connectivity index (χ3v) is 4.73. The highest BCUT2D eigenvalue weighted by molar-refractivity contribution is 5.72. The molecule has 1 atom stereocenters. The predicted octanol–water partition coefficient (Wildman–Crippen LogP) is 5.37. The highest BCUT2D eigenvalue weighted by Gasteiger charge is 2.38. The van der Waals surface area contributed by atoms with Gasteiger partial charge in [0.2, 0.25) is 5.90 Å². The third kappa shape index (κ3) is 4.55. The van der Waals surface area contributed by atoms with Crippen LogP contribution in [0.1, 0.15) is 23.6 Å². The molecule has 4 heteroatoms. The number of ether oxygens (including phenoxy) is 2. The Bertz CT molecular complexity index is 827. The second kappa shape index (κ2) is 9.71. The minimum atomic E-state index is -0.835. The zero-order valence-electron chi connectivity index (χ0n) is 16.4. The molecule has 0 bridgehead atoms. The zero-order chi connectivity index (χ0) is 20.5. The second-order valence-corrected chi connectivity index (χ2v) is 6.60. The Balaban J connectivity index is 2.11. The minimum Gasteiger partial charge on any atom is -0.469 e. The maximum Gasteiger partial charge on any atom is 0.222 e. The van der Waals surface area contributed by atoms with Gasteiger partial charge in [0.05, 0.1) is 6.61 Å². The van der Waals surface area contributed by atoms with E-state index < -0.39 is 11.7 Å². The predicted molar refractivity (Wildman–Crippen MR) is 115 cm³/mol. The molecule has 0 saturated carbocycles. The number of rotatable bonds is 8. The molecule has 0 aliphatic heterocycles. The summed E-state index contributed by atoms with van der Waals surface area (Å²) in [5.41, 5.74) is 2.19. The summed E-state index contributed by atoms with van der Waals surface area (Å²) in [6, 6.07) is 30.3. The lowest BCUT2D eigenvalue weighted by Crippen LogP contribution is -2.36. The molecule has 1 N–H and O–H groups in total. The van der Waals surface area contributed by atoms with E-state index in [9.17, 15) is 0 Å². The highest BCUT2D eigenvalue weighted by Crippen LogP contribution is 2.40. The number of oxime groups is 1. The van der Waals surface area contributed by atoms with Crippen LogP contribution in [0.15, 0.2) is 109 Å². The van der Waals surface area contributed by atoms with Crippen molar-refractivity contribution in [3.63, 3.8) is 0 Å². The number of nitrogens with zero attached hydrogens (tertiary/aromatic N) is 1. The van der Waals surface area contributed by atoms with Gasteiger partial charge in [-0.3, -0.25) is 0 Å². The van der Waals surface area contributed by atoms with Gasteiger partial charge in [-0.1, -0.05) is 103 Å². The molecule has 0 radical (unpaired) electrons. The molecule has 3 aromatic rings. The lowest BCUT2D eigenvalue weighted by Gasteiger charge is -2.36. The van der Waals surface area contributed by atoms with Gasteiger partial charge < -0.3 is 14.7 Å². The zero-order valence-corrected chi connectivity index (χ0v) is 16.4. The number of benzene rings is 3. The van der Waals surface area contributed by atoms with Crippen molar-refractivity contribution in [1.82, 2.24) is 0 Å². The van der Waals surface area contributed by atoms with Crippen LogP contribution < -0.4 is 0 Å². The van der Waals surface area contributed by atoms with E-state index >= 15 is 0 Å². The van der Waals surface area contributed by atoms with Crippen LogP contribution in [0.2, 0.25) is 0 Å². The summed E-state index contributed by atoms with van der Waals surface area (Å²) >= 11 is 0. The summed E-state index contributed by atoms with van der Waals surface area (Å²) in [6.07, 6.45) is 1.17. The van der Waals surface area contributed by atoms with Crippen LogP contribution in [0, 0.1) is 0 Å². The first-order valence-electron chi connectivity index (χ1n) is 9.49. The maximum atomic E-state index is 8.93. The summed E-state index contributed by atoms with van der Waals surface area (Å²) in [6.45, 7) is 5.62. The first kappa shape index (κ1) is 20.4. The van der Waals surface area contributed by atoms with Crippen LogP contribution in [0.4, 0.5) is 0 Å². The molecule has 0 aromatic heterocycles. The molecule has 0 aliphatic carbocycles.